The molecule has 0 N–H and O–H groups in total. The van der Waals surface area contributed by atoms with E-state index in [0.29, 0.717) is 10.9 Å². The van der Waals surface area contributed by atoms with E-state index in [1.165, 1.54) is 12.1 Å². The third-order valence-electron chi connectivity index (χ3n) is 2.88. The highest BCUT2D eigenvalue weighted by atomic mass is 79.9. The zero-order valence-electron chi connectivity index (χ0n) is 10.2. The molecule has 0 atom stereocenters. The van der Waals surface area contributed by atoms with Crippen LogP contribution in [-0.2, 0) is 11.5 Å². The SMILES string of the molecule is O=C(c1ccc(C(F)(F)F)cc1)c1ccccc1CBr. The largest absolute Gasteiger partial charge is 0.416 e. The smallest absolute Gasteiger partial charge is 0.289 e. The predicted octanol–water partition coefficient (Wildman–Crippen LogP) is 4.83. The highest BCUT2D eigenvalue weighted by Gasteiger charge is 2.30. The van der Waals surface area contributed by atoms with Gasteiger partial charge in [-0.1, -0.05) is 52.3 Å². The lowest BCUT2D eigenvalue weighted by atomic mass is 9.98. The number of ketones is 1. The van der Waals surface area contributed by atoms with E-state index in [0.717, 1.165) is 17.7 Å². The molecular formula is C15H10BrF3O. The lowest BCUT2D eigenvalue weighted by Crippen LogP contribution is -2.07. The number of rotatable bonds is 3. The second kappa shape index (κ2) is 5.79. The first kappa shape index (κ1) is 14.8. The van der Waals surface area contributed by atoms with E-state index in [9.17, 15) is 18.0 Å². The maximum absolute atomic E-state index is 12.5. The first-order chi connectivity index (χ1) is 9.43. The number of halogens is 4. The van der Waals surface area contributed by atoms with Crippen molar-refractivity contribution in [3.05, 3.63) is 70.8 Å². The van der Waals surface area contributed by atoms with Crippen LogP contribution in [0, 0.1) is 0 Å². The van der Waals surface area contributed by atoms with Crippen molar-refractivity contribution < 1.29 is 18.0 Å². The van der Waals surface area contributed by atoms with Gasteiger partial charge in [0.15, 0.2) is 5.78 Å². The van der Waals surface area contributed by atoms with Crippen molar-refractivity contribution in [2.24, 2.45) is 0 Å². The zero-order valence-corrected chi connectivity index (χ0v) is 11.8. The molecule has 0 bridgehead atoms. The van der Waals surface area contributed by atoms with Crippen molar-refractivity contribution in [2.75, 3.05) is 0 Å². The van der Waals surface area contributed by atoms with E-state index in [-0.39, 0.29) is 11.3 Å². The maximum atomic E-state index is 12.5. The van der Waals surface area contributed by atoms with Crippen LogP contribution in [0.1, 0.15) is 27.0 Å². The van der Waals surface area contributed by atoms with Gasteiger partial charge in [-0.2, -0.15) is 13.2 Å². The van der Waals surface area contributed by atoms with Crippen LogP contribution in [0.15, 0.2) is 48.5 Å². The van der Waals surface area contributed by atoms with E-state index in [1.54, 1.807) is 24.3 Å². The molecule has 0 aliphatic heterocycles. The Morgan fingerprint density at radius 2 is 1.60 bits per heavy atom. The molecule has 0 radical (unpaired) electrons. The molecule has 2 aromatic rings. The van der Waals surface area contributed by atoms with Gasteiger partial charge in [0.1, 0.15) is 0 Å². The Morgan fingerprint density at radius 3 is 2.15 bits per heavy atom. The van der Waals surface area contributed by atoms with Crippen LogP contribution in [0.3, 0.4) is 0 Å². The Kier molecular flexibility index (Phi) is 4.28. The van der Waals surface area contributed by atoms with E-state index in [1.807, 2.05) is 0 Å². The Hall–Kier alpha value is -1.62. The maximum Gasteiger partial charge on any atom is 0.416 e. The van der Waals surface area contributed by atoms with Crippen molar-refractivity contribution in [3.8, 4) is 0 Å². The summed E-state index contributed by atoms with van der Waals surface area (Å²) in [5.74, 6) is -0.284. The fraction of sp³-hybridized carbons (Fsp3) is 0.133. The number of alkyl halides is 4. The van der Waals surface area contributed by atoms with Crippen molar-refractivity contribution in [3.63, 3.8) is 0 Å². The fourth-order valence-electron chi connectivity index (χ4n) is 1.82. The standard InChI is InChI=1S/C15H10BrF3O/c16-9-11-3-1-2-4-13(11)14(20)10-5-7-12(8-6-10)15(17,18)19/h1-8H,9H2. The number of hydrogen-bond acceptors (Lipinski definition) is 1. The minimum absolute atomic E-state index is 0.242. The van der Waals surface area contributed by atoms with E-state index in [2.05, 4.69) is 15.9 Å². The molecular weight excluding hydrogens is 333 g/mol. The quantitative estimate of drug-likeness (QED) is 0.576. The summed E-state index contributed by atoms with van der Waals surface area (Å²) < 4.78 is 37.4. The summed E-state index contributed by atoms with van der Waals surface area (Å²) in [6.07, 6.45) is -4.39. The Morgan fingerprint density at radius 1 is 1.00 bits per heavy atom. The van der Waals surface area contributed by atoms with Gasteiger partial charge in [0.05, 0.1) is 5.56 Å². The zero-order chi connectivity index (χ0) is 14.8. The van der Waals surface area contributed by atoms with Gasteiger partial charge in [0.25, 0.3) is 0 Å². The highest BCUT2D eigenvalue weighted by Crippen LogP contribution is 2.29. The van der Waals surface area contributed by atoms with Crippen LogP contribution >= 0.6 is 15.9 Å². The van der Waals surface area contributed by atoms with Gasteiger partial charge < -0.3 is 0 Å². The molecule has 5 heteroatoms. The molecule has 0 saturated carbocycles. The van der Waals surface area contributed by atoms with Crippen LogP contribution in [-0.4, -0.2) is 5.78 Å². The van der Waals surface area contributed by atoms with Crippen LogP contribution in [0.4, 0.5) is 13.2 Å². The lowest BCUT2D eigenvalue weighted by molar-refractivity contribution is -0.137. The molecule has 0 unspecified atom stereocenters. The van der Waals surface area contributed by atoms with E-state index < -0.39 is 11.7 Å². The third kappa shape index (κ3) is 3.10. The van der Waals surface area contributed by atoms with E-state index >= 15 is 0 Å². The van der Waals surface area contributed by atoms with Crippen LogP contribution in [0.2, 0.25) is 0 Å². The number of hydrogen-bond donors (Lipinski definition) is 0. The molecule has 0 saturated heterocycles. The average Bonchev–Trinajstić information content (AvgIpc) is 2.45. The Balaban J connectivity index is 2.34. The van der Waals surface area contributed by atoms with E-state index in [4.69, 9.17) is 0 Å². The molecule has 2 rings (SSSR count). The summed E-state index contributed by atoms with van der Waals surface area (Å²) in [7, 11) is 0. The summed E-state index contributed by atoms with van der Waals surface area (Å²) >= 11 is 3.29. The molecule has 0 amide bonds. The molecule has 1 nitrogen and oxygen atoms in total. The summed E-state index contributed by atoms with van der Waals surface area (Å²) in [5, 5.41) is 0.509. The Bertz CT molecular complexity index is 618. The number of carbonyl (C=O) groups excluding carboxylic acids is 1. The summed E-state index contributed by atoms with van der Waals surface area (Å²) in [4.78, 5) is 12.3. The molecule has 0 aliphatic rings. The topological polar surface area (TPSA) is 17.1 Å². The highest BCUT2D eigenvalue weighted by molar-refractivity contribution is 9.08. The summed E-state index contributed by atoms with van der Waals surface area (Å²) in [5.41, 5.74) is 0.774. The molecule has 2 aromatic carbocycles. The van der Waals surface area contributed by atoms with Crippen LogP contribution < -0.4 is 0 Å². The molecule has 0 aromatic heterocycles. The molecule has 0 spiro atoms. The minimum Gasteiger partial charge on any atom is -0.289 e. The van der Waals surface area contributed by atoms with Crippen molar-refractivity contribution in [2.45, 2.75) is 11.5 Å². The van der Waals surface area contributed by atoms with Crippen LogP contribution in [0.25, 0.3) is 0 Å². The second-order valence-electron chi connectivity index (χ2n) is 4.20. The molecule has 0 heterocycles. The first-order valence-electron chi connectivity index (χ1n) is 5.79. The summed E-state index contributed by atoms with van der Waals surface area (Å²) in [6.45, 7) is 0. The van der Waals surface area contributed by atoms with Gasteiger partial charge in [0, 0.05) is 16.5 Å². The minimum atomic E-state index is -4.39. The van der Waals surface area contributed by atoms with Crippen molar-refractivity contribution >= 4 is 21.7 Å². The van der Waals surface area contributed by atoms with Gasteiger partial charge in [-0.3, -0.25) is 4.79 Å². The van der Waals surface area contributed by atoms with Gasteiger partial charge in [0.2, 0.25) is 0 Å². The number of carbonyl (C=O) groups is 1. The van der Waals surface area contributed by atoms with Gasteiger partial charge in [-0.05, 0) is 17.7 Å². The van der Waals surface area contributed by atoms with Crippen molar-refractivity contribution in [1.82, 2.24) is 0 Å². The molecule has 0 fully saturated rings. The first-order valence-corrected chi connectivity index (χ1v) is 6.91. The Labute approximate surface area is 122 Å². The number of benzene rings is 2. The van der Waals surface area contributed by atoms with Gasteiger partial charge in [-0.25, -0.2) is 0 Å². The van der Waals surface area contributed by atoms with Crippen molar-refractivity contribution in [1.29, 1.82) is 0 Å². The molecule has 104 valence electrons. The summed E-state index contributed by atoms with van der Waals surface area (Å²) in [6, 6.07) is 11.2. The van der Waals surface area contributed by atoms with Gasteiger partial charge >= 0.3 is 6.18 Å². The monoisotopic (exact) mass is 342 g/mol. The normalized spacial score (nSPS) is 11.4. The van der Waals surface area contributed by atoms with Crippen LogP contribution in [0.5, 0.6) is 0 Å². The second-order valence-corrected chi connectivity index (χ2v) is 4.76. The lowest BCUT2D eigenvalue weighted by Gasteiger charge is -2.09. The molecule has 0 aliphatic carbocycles. The average molecular weight is 343 g/mol. The predicted molar refractivity (Wildman–Crippen MR) is 73.9 cm³/mol. The third-order valence-corrected chi connectivity index (χ3v) is 3.48. The van der Waals surface area contributed by atoms with Gasteiger partial charge in [-0.15, -0.1) is 0 Å². The molecule has 20 heavy (non-hydrogen) atoms. The fourth-order valence-corrected chi connectivity index (χ4v) is 2.31.